The third kappa shape index (κ3) is 4.41. The smallest absolute Gasteiger partial charge is 0.255 e. The average molecular weight is 297 g/mol. The average Bonchev–Trinajstić information content (AvgIpc) is 2.54. The number of ether oxygens (including phenoxy) is 1. The third-order valence-electron chi connectivity index (χ3n) is 2.71. The SMILES string of the molecule is N=NN=C(N)COc1ccc(C(=O)Nc2ccccc2)cc1. The van der Waals surface area contributed by atoms with Crippen LogP contribution < -0.4 is 15.8 Å². The van der Waals surface area contributed by atoms with Gasteiger partial charge in [-0.1, -0.05) is 23.4 Å². The summed E-state index contributed by atoms with van der Waals surface area (Å²) < 4.78 is 5.34. The van der Waals surface area contributed by atoms with Crippen molar-refractivity contribution in [3.05, 3.63) is 60.2 Å². The van der Waals surface area contributed by atoms with Gasteiger partial charge in [-0.05, 0) is 36.4 Å². The highest BCUT2D eigenvalue weighted by molar-refractivity contribution is 6.04. The van der Waals surface area contributed by atoms with Crippen molar-refractivity contribution in [1.29, 1.82) is 5.53 Å². The van der Waals surface area contributed by atoms with Gasteiger partial charge in [-0.15, -0.1) is 5.10 Å². The van der Waals surface area contributed by atoms with Gasteiger partial charge in [0.2, 0.25) is 0 Å². The molecule has 0 aromatic heterocycles. The van der Waals surface area contributed by atoms with E-state index in [2.05, 4.69) is 15.6 Å². The van der Waals surface area contributed by atoms with E-state index in [1.807, 2.05) is 30.3 Å². The van der Waals surface area contributed by atoms with Gasteiger partial charge in [-0.2, -0.15) is 5.53 Å². The zero-order chi connectivity index (χ0) is 15.8. The van der Waals surface area contributed by atoms with Crippen molar-refractivity contribution in [2.45, 2.75) is 0 Å². The quantitative estimate of drug-likeness (QED) is 0.329. The largest absolute Gasteiger partial charge is 0.486 e. The van der Waals surface area contributed by atoms with Crippen LogP contribution in [0.4, 0.5) is 5.69 Å². The van der Waals surface area contributed by atoms with E-state index in [0.29, 0.717) is 11.3 Å². The van der Waals surface area contributed by atoms with E-state index in [9.17, 15) is 4.79 Å². The molecular weight excluding hydrogens is 282 g/mol. The molecule has 0 saturated carbocycles. The van der Waals surface area contributed by atoms with Gasteiger partial charge in [-0.3, -0.25) is 4.79 Å². The minimum absolute atomic E-state index is 0.0257. The molecule has 0 aliphatic rings. The monoisotopic (exact) mass is 297 g/mol. The normalized spacial score (nSPS) is 10.8. The number of amidine groups is 1. The number of rotatable bonds is 6. The number of benzene rings is 2. The summed E-state index contributed by atoms with van der Waals surface area (Å²) >= 11 is 0. The molecular formula is C15H15N5O2. The summed E-state index contributed by atoms with van der Waals surface area (Å²) in [6, 6.07) is 15.8. The highest BCUT2D eigenvalue weighted by atomic mass is 16.5. The molecule has 0 saturated heterocycles. The number of nitrogens with one attached hydrogen (secondary N) is 2. The maximum absolute atomic E-state index is 12.1. The number of hydrogen-bond donors (Lipinski definition) is 3. The van der Waals surface area contributed by atoms with Crippen LogP contribution in [0.1, 0.15) is 10.4 Å². The Balaban J connectivity index is 1.95. The van der Waals surface area contributed by atoms with Crippen molar-refractivity contribution in [3.8, 4) is 5.75 Å². The van der Waals surface area contributed by atoms with E-state index in [-0.39, 0.29) is 18.3 Å². The van der Waals surface area contributed by atoms with Crippen molar-refractivity contribution < 1.29 is 9.53 Å². The van der Waals surface area contributed by atoms with Crippen molar-refractivity contribution in [2.75, 3.05) is 11.9 Å². The molecule has 4 N–H and O–H groups in total. The van der Waals surface area contributed by atoms with Crippen molar-refractivity contribution in [2.24, 2.45) is 16.1 Å². The van der Waals surface area contributed by atoms with Gasteiger partial charge in [-0.25, -0.2) is 0 Å². The van der Waals surface area contributed by atoms with Crippen molar-refractivity contribution in [3.63, 3.8) is 0 Å². The summed E-state index contributed by atoms with van der Waals surface area (Å²) in [5.41, 5.74) is 13.2. The Morgan fingerprint density at radius 2 is 1.82 bits per heavy atom. The molecule has 7 heteroatoms. The van der Waals surface area contributed by atoms with Gasteiger partial charge in [0.15, 0.2) is 5.84 Å². The standard InChI is InChI=1S/C15H15N5O2/c16-14(19-20-17)10-22-13-8-6-11(7-9-13)15(21)18-12-4-2-1-3-5-12/h1-9H,10H2,(H,18,21)(H3,16,17,19). The first-order valence-corrected chi connectivity index (χ1v) is 6.47. The third-order valence-corrected chi connectivity index (χ3v) is 2.71. The summed E-state index contributed by atoms with van der Waals surface area (Å²) in [4.78, 5) is 12.1. The fourth-order valence-corrected chi connectivity index (χ4v) is 1.68. The molecule has 22 heavy (non-hydrogen) atoms. The molecule has 2 rings (SSSR count). The number of para-hydroxylation sites is 1. The van der Waals surface area contributed by atoms with Gasteiger partial charge in [0.05, 0.1) is 0 Å². The molecule has 0 bridgehead atoms. The fourth-order valence-electron chi connectivity index (χ4n) is 1.68. The first kappa shape index (κ1) is 15.2. The van der Waals surface area contributed by atoms with E-state index < -0.39 is 0 Å². The number of carbonyl (C=O) groups is 1. The van der Waals surface area contributed by atoms with Gasteiger partial charge >= 0.3 is 0 Å². The van der Waals surface area contributed by atoms with Crippen LogP contribution in [0.25, 0.3) is 0 Å². The van der Waals surface area contributed by atoms with Crippen LogP contribution in [0.5, 0.6) is 5.75 Å². The number of hydrogen-bond acceptors (Lipinski definition) is 4. The second-order valence-electron chi connectivity index (χ2n) is 4.32. The lowest BCUT2D eigenvalue weighted by atomic mass is 10.2. The van der Waals surface area contributed by atoms with Crippen LogP contribution in [0.2, 0.25) is 0 Å². The van der Waals surface area contributed by atoms with Crippen LogP contribution >= 0.6 is 0 Å². The molecule has 1 amide bonds. The van der Waals surface area contributed by atoms with E-state index in [0.717, 1.165) is 5.69 Å². The second-order valence-corrected chi connectivity index (χ2v) is 4.32. The Morgan fingerprint density at radius 3 is 2.45 bits per heavy atom. The predicted octanol–water partition coefficient (Wildman–Crippen LogP) is 2.62. The van der Waals surface area contributed by atoms with E-state index in [1.54, 1.807) is 24.3 Å². The molecule has 0 atom stereocenters. The minimum atomic E-state index is -0.202. The van der Waals surface area contributed by atoms with Gasteiger partial charge < -0.3 is 15.8 Å². The van der Waals surface area contributed by atoms with E-state index in [1.165, 1.54) is 0 Å². The second kappa shape index (κ2) is 7.53. The Morgan fingerprint density at radius 1 is 1.14 bits per heavy atom. The van der Waals surface area contributed by atoms with Gasteiger partial charge in [0.25, 0.3) is 5.91 Å². The fraction of sp³-hybridized carbons (Fsp3) is 0.0667. The van der Waals surface area contributed by atoms with E-state index in [4.69, 9.17) is 16.0 Å². The summed E-state index contributed by atoms with van der Waals surface area (Å²) in [5.74, 6) is 0.437. The topological polar surface area (TPSA) is 113 Å². The van der Waals surface area contributed by atoms with Crippen molar-refractivity contribution in [1.82, 2.24) is 0 Å². The van der Waals surface area contributed by atoms with Crippen LogP contribution in [-0.2, 0) is 0 Å². The van der Waals surface area contributed by atoms with Crippen molar-refractivity contribution >= 4 is 17.4 Å². The molecule has 0 aliphatic heterocycles. The van der Waals surface area contributed by atoms with Crippen LogP contribution in [0, 0.1) is 5.53 Å². The number of nitrogens with zero attached hydrogens (tertiary/aromatic N) is 2. The van der Waals surface area contributed by atoms with Crippen LogP contribution in [-0.4, -0.2) is 18.3 Å². The molecule has 2 aromatic carbocycles. The Kier molecular flexibility index (Phi) is 5.20. The maximum atomic E-state index is 12.1. The Bertz CT molecular complexity index is 668. The minimum Gasteiger partial charge on any atom is -0.486 e. The first-order valence-electron chi connectivity index (χ1n) is 6.47. The highest BCUT2D eigenvalue weighted by Crippen LogP contribution is 2.14. The molecule has 0 unspecified atom stereocenters. The molecule has 0 heterocycles. The Hall–Kier alpha value is -3.22. The summed E-state index contributed by atoms with van der Waals surface area (Å²) in [6.45, 7) is 0.0257. The van der Waals surface area contributed by atoms with Gasteiger partial charge in [0.1, 0.15) is 12.4 Å². The lowest BCUT2D eigenvalue weighted by molar-refractivity contribution is 0.102. The van der Waals surface area contributed by atoms with Crippen LogP contribution in [0.3, 0.4) is 0 Å². The lowest BCUT2D eigenvalue weighted by Crippen LogP contribution is -2.20. The first-order chi connectivity index (χ1) is 10.7. The lowest BCUT2D eigenvalue weighted by Gasteiger charge is -2.07. The summed E-state index contributed by atoms with van der Waals surface area (Å²) in [5, 5.41) is 8.93. The number of anilines is 1. The predicted molar refractivity (Wildman–Crippen MR) is 83.1 cm³/mol. The number of amides is 1. The summed E-state index contributed by atoms with van der Waals surface area (Å²) in [7, 11) is 0. The molecule has 2 aromatic rings. The summed E-state index contributed by atoms with van der Waals surface area (Å²) in [6.07, 6.45) is 0. The zero-order valence-corrected chi connectivity index (χ0v) is 11.7. The Labute approximate surface area is 127 Å². The van der Waals surface area contributed by atoms with E-state index >= 15 is 0 Å². The maximum Gasteiger partial charge on any atom is 0.255 e. The number of nitrogens with two attached hydrogens (primary N) is 1. The molecule has 0 aliphatic carbocycles. The molecule has 0 radical (unpaired) electrons. The molecule has 7 nitrogen and oxygen atoms in total. The highest BCUT2D eigenvalue weighted by Gasteiger charge is 2.06. The zero-order valence-electron chi connectivity index (χ0n) is 11.7. The van der Waals surface area contributed by atoms with Crippen LogP contribution in [0.15, 0.2) is 64.9 Å². The number of carbonyl (C=O) groups excluding carboxylic acids is 1. The molecule has 0 fully saturated rings. The molecule has 112 valence electrons. The van der Waals surface area contributed by atoms with Gasteiger partial charge in [0, 0.05) is 11.3 Å². The molecule has 0 spiro atoms.